The van der Waals surface area contributed by atoms with Gasteiger partial charge in [-0.05, 0) is 25.5 Å². The Bertz CT molecular complexity index is 689. The number of amides is 1. The van der Waals surface area contributed by atoms with Gasteiger partial charge in [-0.3, -0.25) is 24.7 Å². The minimum atomic E-state index is -1.40. The molecule has 0 spiro atoms. The van der Waals surface area contributed by atoms with Gasteiger partial charge in [0.25, 0.3) is 5.78 Å². The van der Waals surface area contributed by atoms with E-state index in [-0.39, 0.29) is 24.0 Å². The zero-order valence-corrected chi connectivity index (χ0v) is 14.9. The van der Waals surface area contributed by atoms with Gasteiger partial charge in [-0.25, -0.2) is 0 Å². The predicted octanol–water partition coefficient (Wildman–Crippen LogP) is 1.92. The number of halogens is 1. The Morgan fingerprint density at radius 2 is 2.04 bits per heavy atom. The summed E-state index contributed by atoms with van der Waals surface area (Å²) in [6.07, 6.45) is 3.91. The van der Waals surface area contributed by atoms with Crippen LogP contribution in [0.4, 0.5) is 0 Å². The summed E-state index contributed by atoms with van der Waals surface area (Å²) in [5.41, 5.74) is -0.858. The van der Waals surface area contributed by atoms with E-state index in [1.165, 1.54) is 19.3 Å². The van der Waals surface area contributed by atoms with Gasteiger partial charge in [0.05, 0.1) is 0 Å². The standard InChI is InChI=1S/C16H17BrN2O5/c1-10(20)23-13-14(22)16(2,11-5-8-18-9-6-11)24-15(13)19-12(21)4-3-7-17/h5-6,8-9H,3-4,7H2,1-2H3,(H,19,21). The van der Waals surface area contributed by atoms with Crippen LogP contribution in [-0.2, 0) is 29.5 Å². The van der Waals surface area contributed by atoms with Crippen LogP contribution in [0, 0.1) is 0 Å². The van der Waals surface area contributed by atoms with E-state index in [2.05, 4.69) is 26.2 Å². The van der Waals surface area contributed by atoms with Crippen molar-refractivity contribution in [3.63, 3.8) is 0 Å². The molecule has 1 aliphatic rings. The summed E-state index contributed by atoms with van der Waals surface area (Å²) in [7, 11) is 0. The molecule has 2 rings (SSSR count). The average molecular weight is 397 g/mol. The summed E-state index contributed by atoms with van der Waals surface area (Å²) >= 11 is 3.24. The predicted molar refractivity (Wildman–Crippen MR) is 87.6 cm³/mol. The van der Waals surface area contributed by atoms with Gasteiger partial charge < -0.3 is 9.47 Å². The number of alkyl halides is 1. The van der Waals surface area contributed by atoms with E-state index >= 15 is 0 Å². The number of carbonyl (C=O) groups excluding carboxylic acids is 3. The Morgan fingerprint density at radius 1 is 1.38 bits per heavy atom. The average Bonchev–Trinajstić information content (AvgIpc) is 2.79. The highest BCUT2D eigenvalue weighted by Gasteiger charge is 2.49. The third kappa shape index (κ3) is 3.81. The molecule has 128 valence electrons. The number of hydrogen-bond acceptors (Lipinski definition) is 6. The fraction of sp³-hybridized carbons (Fsp3) is 0.375. The number of esters is 1. The molecule has 1 aliphatic heterocycles. The second kappa shape index (κ2) is 7.57. The van der Waals surface area contributed by atoms with Crippen molar-refractivity contribution >= 4 is 33.6 Å². The maximum absolute atomic E-state index is 12.7. The number of hydrogen-bond donors (Lipinski definition) is 1. The van der Waals surface area contributed by atoms with Gasteiger partial charge in [0, 0.05) is 36.6 Å². The Labute approximate surface area is 147 Å². The van der Waals surface area contributed by atoms with Gasteiger partial charge in [-0.1, -0.05) is 15.9 Å². The van der Waals surface area contributed by atoms with E-state index in [4.69, 9.17) is 9.47 Å². The number of pyridine rings is 1. The number of rotatable bonds is 6. The van der Waals surface area contributed by atoms with Crippen LogP contribution in [0.5, 0.6) is 0 Å². The highest BCUT2D eigenvalue weighted by Crippen LogP contribution is 2.38. The van der Waals surface area contributed by atoms with Crippen molar-refractivity contribution in [1.82, 2.24) is 10.3 Å². The summed E-state index contributed by atoms with van der Waals surface area (Å²) in [6.45, 7) is 2.72. The number of ketones is 1. The lowest BCUT2D eigenvalue weighted by molar-refractivity contribution is -0.142. The van der Waals surface area contributed by atoms with Crippen LogP contribution >= 0.6 is 15.9 Å². The summed E-state index contributed by atoms with van der Waals surface area (Å²) in [5, 5.41) is 3.18. The van der Waals surface area contributed by atoms with Crippen LogP contribution in [-0.4, -0.2) is 28.0 Å². The fourth-order valence-corrected chi connectivity index (χ4v) is 2.49. The maximum atomic E-state index is 12.7. The van der Waals surface area contributed by atoms with E-state index < -0.39 is 17.4 Å². The zero-order chi connectivity index (χ0) is 17.7. The molecule has 0 aliphatic carbocycles. The minimum absolute atomic E-state index is 0.144. The molecule has 1 unspecified atom stereocenters. The highest BCUT2D eigenvalue weighted by atomic mass is 79.9. The van der Waals surface area contributed by atoms with Crippen molar-refractivity contribution < 1.29 is 23.9 Å². The molecule has 0 saturated heterocycles. The van der Waals surface area contributed by atoms with E-state index in [1.807, 2.05) is 0 Å². The van der Waals surface area contributed by atoms with Gasteiger partial charge in [0.1, 0.15) is 0 Å². The molecular formula is C16H17BrN2O5. The lowest BCUT2D eigenvalue weighted by Gasteiger charge is -2.23. The van der Waals surface area contributed by atoms with Gasteiger partial charge in [0.2, 0.25) is 17.5 Å². The van der Waals surface area contributed by atoms with Crippen LogP contribution in [0.2, 0.25) is 0 Å². The molecule has 1 aromatic rings. The van der Waals surface area contributed by atoms with Crippen LogP contribution in [0.15, 0.2) is 36.2 Å². The van der Waals surface area contributed by atoms with E-state index in [1.54, 1.807) is 19.1 Å². The van der Waals surface area contributed by atoms with E-state index in [0.717, 1.165) is 0 Å². The third-order valence-electron chi connectivity index (χ3n) is 3.42. The smallest absolute Gasteiger partial charge is 0.308 e. The van der Waals surface area contributed by atoms with Crippen molar-refractivity contribution in [2.75, 3.05) is 5.33 Å². The fourth-order valence-electron chi connectivity index (χ4n) is 2.21. The number of nitrogens with one attached hydrogen (secondary N) is 1. The second-order valence-corrected chi connectivity index (χ2v) is 6.09. The normalized spacial score (nSPS) is 19.9. The van der Waals surface area contributed by atoms with Crippen molar-refractivity contribution in [2.24, 2.45) is 0 Å². The molecule has 1 atom stereocenters. The van der Waals surface area contributed by atoms with Crippen LogP contribution in [0.3, 0.4) is 0 Å². The van der Waals surface area contributed by atoms with Crippen molar-refractivity contribution in [3.05, 3.63) is 41.7 Å². The largest absolute Gasteiger partial charge is 0.456 e. The second-order valence-electron chi connectivity index (χ2n) is 5.29. The first-order valence-corrected chi connectivity index (χ1v) is 8.43. The molecule has 0 radical (unpaired) electrons. The quantitative estimate of drug-likeness (QED) is 0.582. The topological polar surface area (TPSA) is 94.6 Å². The van der Waals surface area contributed by atoms with Crippen LogP contribution in [0.1, 0.15) is 32.3 Å². The van der Waals surface area contributed by atoms with E-state index in [9.17, 15) is 14.4 Å². The van der Waals surface area contributed by atoms with Crippen molar-refractivity contribution in [2.45, 2.75) is 32.3 Å². The molecule has 1 aromatic heterocycles. The van der Waals surface area contributed by atoms with Crippen LogP contribution < -0.4 is 5.32 Å². The first-order valence-electron chi connectivity index (χ1n) is 7.31. The first kappa shape index (κ1) is 18.1. The SMILES string of the molecule is CC(=O)OC1=C(NC(=O)CCCBr)OC(C)(c2ccncc2)C1=O. The monoisotopic (exact) mass is 396 g/mol. The van der Waals surface area contributed by atoms with Gasteiger partial charge in [-0.15, -0.1) is 0 Å². The van der Waals surface area contributed by atoms with Crippen molar-refractivity contribution in [1.29, 1.82) is 0 Å². The molecule has 24 heavy (non-hydrogen) atoms. The van der Waals surface area contributed by atoms with Gasteiger partial charge in [0.15, 0.2) is 5.60 Å². The summed E-state index contributed by atoms with van der Waals surface area (Å²) < 4.78 is 10.7. The van der Waals surface area contributed by atoms with Crippen LogP contribution in [0.25, 0.3) is 0 Å². The minimum Gasteiger partial charge on any atom is -0.456 e. The Morgan fingerprint density at radius 3 is 2.62 bits per heavy atom. The van der Waals surface area contributed by atoms with Gasteiger partial charge in [-0.2, -0.15) is 0 Å². The summed E-state index contributed by atoms with van der Waals surface area (Å²) in [5.74, 6) is -1.99. The number of carbonyl (C=O) groups is 3. The molecule has 2 heterocycles. The maximum Gasteiger partial charge on any atom is 0.308 e. The molecule has 0 fully saturated rings. The summed E-state index contributed by atoms with van der Waals surface area (Å²) in [4.78, 5) is 39.9. The zero-order valence-electron chi connectivity index (χ0n) is 13.3. The lowest BCUT2D eigenvalue weighted by atomic mass is 9.92. The number of ether oxygens (including phenoxy) is 2. The Balaban J connectivity index is 2.30. The Kier molecular flexibility index (Phi) is 5.71. The third-order valence-corrected chi connectivity index (χ3v) is 3.98. The molecule has 1 N–H and O–H groups in total. The molecule has 8 heteroatoms. The van der Waals surface area contributed by atoms with E-state index in [0.29, 0.717) is 17.3 Å². The molecule has 1 amide bonds. The lowest BCUT2D eigenvalue weighted by Crippen LogP contribution is -2.32. The first-order chi connectivity index (χ1) is 11.4. The molecule has 0 saturated carbocycles. The number of nitrogens with zero attached hydrogens (tertiary/aromatic N) is 1. The number of aromatic nitrogens is 1. The number of Topliss-reactive ketones (excluding diaryl/α,β-unsaturated/α-hetero) is 1. The summed E-state index contributed by atoms with van der Waals surface area (Å²) in [6, 6.07) is 3.25. The molecular weight excluding hydrogens is 380 g/mol. The molecule has 0 aromatic carbocycles. The Hall–Kier alpha value is -2.22. The molecule has 0 bridgehead atoms. The van der Waals surface area contributed by atoms with Crippen molar-refractivity contribution in [3.8, 4) is 0 Å². The highest BCUT2D eigenvalue weighted by molar-refractivity contribution is 9.09. The molecule has 7 nitrogen and oxygen atoms in total. The van der Waals surface area contributed by atoms with Gasteiger partial charge >= 0.3 is 5.97 Å².